The first-order valence-electron chi connectivity index (χ1n) is 10.2. The summed E-state index contributed by atoms with van der Waals surface area (Å²) in [6.45, 7) is 2.62. The van der Waals surface area contributed by atoms with Crippen LogP contribution < -0.4 is 0 Å². The SMILES string of the molecule is BC1(C2C(C)CCCC3CCCCCC32)CCCCCC1. The maximum atomic E-state index is 2.70. The Hall–Kier alpha value is 0.0649. The molecule has 21 heavy (non-hydrogen) atoms. The van der Waals surface area contributed by atoms with Crippen LogP contribution in [0, 0.1) is 23.7 Å². The Morgan fingerprint density at radius 3 is 2.10 bits per heavy atom. The van der Waals surface area contributed by atoms with Crippen molar-refractivity contribution in [3.63, 3.8) is 0 Å². The summed E-state index contributed by atoms with van der Waals surface area (Å²) in [5.41, 5.74) is 0. The molecule has 3 saturated carbocycles. The lowest BCUT2D eigenvalue weighted by molar-refractivity contribution is 0.113. The highest BCUT2D eigenvalue weighted by atomic mass is 14.5. The molecule has 0 saturated heterocycles. The Labute approximate surface area is 134 Å². The fourth-order valence-electron chi connectivity index (χ4n) is 6.62. The monoisotopic (exact) mass is 288 g/mol. The van der Waals surface area contributed by atoms with E-state index in [2.05, 4.69) is 14.8 Å². The summed E-state index contributed by atoms with van der Waals surface area (Å²) in [5, 5.41) is 0.674. The van der Waals surface area contributed by atoms with E-state index in [1.165, 1.54) is 70.6 Å². The molecule has 0 nitrogen and oxygen atoms in total. The molecule has 4 atom stereocenters. The Morgan fingerprint density at radius 1 is 0.714 bits per heavy atom. The third-order valence-corrected chi connectivity index (χ3v) is 7.58. The molecule has 4 unspecified atom stereocenters. The first-order valence-corrected chi connectivity index (χ1v) is 10.2. The molecule has 3 aliphatic rings. The molecule has 0 aromatic heterocycles. The van der Waals surface area contributed by atoms with Crippen LogP contribution in [0.15, 0.2) is 0 Å². The van der Waals surface area contributed by atoms with Crippen molar-refractivity contribution in [3.8, 4) is 0 Å². The molecule has 3 rings (SSSR count). The van der Waals surface area contributed by atoms with Gasteiger partial charge >= 0.3 is 0 Å². The van der Waals surface area contributed by atoms with Crippen LogP contribution in [0.25, 0.3) is 0 Å². The van der Waals surface area contributed by atoms with E-state index >= 15 is 0 Å². The van der Waals surface area contributed by atoms with Crippen LogP contribution in [0.5, 0.6) is 0 Å². The summed E-state index contributed by atoms with van der Waals surface area (Å²) in [6, 6.07) is 0. The summed E-state index contributed by atoms with van der Waals surface area (Å²) in [4.78, 5) is 0. The predicted octanol–water partition coefficient (Wildman–Crippen LogP) is 5.77. The molecule has 0 amide bonds. The number of hydrogen-bond acceptors (Lipinski definition) is 0. The zero-order valence-corrected chi connectivity index (χ0v) is 14.7. The largest absolute Gasteiger partial charge is 0.109 e. The van der Waals surface area contributed by atoms with Crippen LogP contribution >= 0.6 is 0 Å². The third-order valence-electron chi connectivity index (χ3n) is 7.58. The van der Waals surface area contributed by atoms with Gasteiger partial charge in [-0.3, -0.25) is 0 Å². The van der Waals surface area contributed by atoms with Crippen molar-refractivity contribution in [1.29, 1.82) is 0 Å². The third kappa shape index (κ3) is 3.53. The standard InChI is InChI=1S/C20H37B/c1-16-10-9-12-17-11-5-4-6-13-18(17)19(16)20(21)14-7-2-3-8-15-20/h16-19H,2-15,21H2,1H3. The minimum Gasteiger partial charge on any atom is -0.0622 e. The van der Waals surface area contributed by atoms with E-state index in [1.54, 1.807) is 19.3 Å². The first kappa shape index (κ1) is 15.9. The van der Waals surface area contributed by atoms with Crippen molar-refractivity contribution >= 4 is 7.85 Å². The van der Waals surface area contributed by atoms with Gasteiger partial charge in [0.1, 0.15) is 7.85 Å². The normalized spacial score (nSPS) is 41.4. The Morgan fingerprint density at radius 2 is 1.33 bits per heavy atom. The minimum atomic E-state index is 0.674. The van der Waals surface area contributed by atoms with Gasteiger partial charge in [-0.05, 0) is 30.1 Å². The highest BCUT2D eigenvalue weighted by Gasteiger charge is 2.45. The van der Waals surface area contributed by atoms with Gasteiger partial charge in [0.25, 0.3) is 0 Å². The van der Waals surface area contributed by atoms with E-state index in [-0.39, 0.29) is 0 Å². The molecule has 0 spiro atoms. The molecule has 0 N–H and O–H groups in total. The Kier molecular flexibility index (Phi) is 5.38. The fraction of sp³-hybridized carbons (Fsp3) is 1.00. The van der Waals surface area contributed by atoms with E-state index in [0.29, 0.717) is 5.31 Å². The molecule has 0 radical (unpaired) electrons. The average Bonchev–Trinajstić information content (AvgIpc) is 2.86. The van der Waals surface area contributed by atoms with Crippen LogP contribution in [-0.4, -0.2) is 7.85 Å². The molecule has 0 aliphatic heterocycles. The van der Waals surface area contributed by atoms with Gasteiger partial charge < -0.3 is 0 Å². The number of hydrogen-bond donors (Lipinski definition) is 0. The summed E-state index contributed by atoms with van der Waals surface area (Å²) < 4.78 is 0. The molecular formula is C20H37B. The number of fused-ring (bicyclic) bond motifs is 1. The summed E-state index contributed by atoms with van der Waals surface area (Å²) >= 11 is 0. The van der Waals surface area contributed by atoms with Crippen molar-refractivity contribution < 1.29 is 0 Å². The second-order valence-corrected chi connectivity index (χ2v) is 9.06. The van der Waals surface area contributed by atoms with Gasteiger partial charge in [0.15, 0.2) is 0 Å². The molecule has 3 aliphatic carbocycles. The van der Waals surface area contributed by atoms with Gasteiger partial charge in [-0.25, -0.2) is 0 Å². The highest BCUT2D eigenvalue weighted by Crippen LogP contribution is 2.57. The zero-order valence-electron chi connectivity index (χ0n) is 14.7. The van der Waals surface area contributed by atoms with Crippen LogP contribution in [-0.2, 0) is 0 Å². The topological polar surface area (TPSA) is 0 Å². The van der Waals surface area contributed by atoms with Crippen molar-refractivity contribution in [2.75, 3.05) is 0 Å². The Balaban J connectivity index is 1.86. The number of rotatable bonds is 1. The maximum Gasteiger partial charge on any atom is 0.109 e. The zero-order chi connectivity index (χ0) is 14.7. The smallest absolute Gasteiger partial charge is 0.0622 e. The van der Waals surface area contributed by atoms with E-state index in [9.17, 15) is 0 Å². The van der Waals surface area contributed by atoms with E-state index in [1.807, 2.05) is 0 Å². The van der Waals surface area contributed by atoms with Crippen LogP contribution in [0.4, 0.5) is 0 Å². The van der Waals surface area contributed by atoms with Gasteiger partial charge in [-0.15, -0.1) is 0 Å². The van der Waals surface area contributed by atoms with Crippen LogP contribution in [0.1, 0.15) is 96.8 Å². The summed E-state index contributed by atoms with van der Waals surface area (Å²) in [6.07, 6.45) is 21.4. The molecule has 0 bridgehead atoms. The molecule has 0 aromatic rings. The lowest BCUT2D eigenvalue weighted by Crippen LogP contribution is -2.36. The van der Waals surface area contributed by atoms with Crippen molar-refractivity contribution in [3.05, 3.63) is 0 Å². The lowest BCUT2D eigenvalue weighted by atomic mass is 9.49. The van der Waals surface area contributed by atoms with Gasteiger partial charge in [-0.1, -0.05) is 95.7 Å². The maximum absolute atomic E-state index is 2.70. The lowest BCUT2D eigenvalue weighted by Gasteiger charge is -2.46. The predicted molar refractivity (Wildman–Crippen MR) is 95.5 cm³/mol. The average molecular weight is 288 g/mol. The summed E-state index contributed by atoms with van der Waals surface area (Å²) in [5.74, 6) is 4.19. The van der Waals surface area contributed by atoms with Gasteiger partial charge in [0, 0.05) is 0 Å². The van der Waals surface area contributed by atoms with Crippen LogP contribution in [0.3, 0.4) is 0 Å². The first-order chi connectivity index (χ1) is 10.2. The van der Waals surface area contributed by atoms with Crippen molar-refractivity contribution in [1.82, 2.24) is 0 Å². The molecule has 0 aromatic carbocycles. The quantitative estimate of drug-likeness (QED) is 0.425. The molecule has 0 heterocycles. The summed E-state index contributed by atoms with van der Waals surface area (Å²) in [7, 11) is 2.70. The Bertz CT molecular complexity index is 316. The van der Waals surface area contributed by atoms with Gasteiger partial charge in [0.05, 0.1) is 0 Å². The van der Waals surface area contributed by atoms with E-state index < -0.39 is 0 Å². The van der Waals surface area contributed by atoms with E-state index in [0.717, 1.165) is 23.7 Å². The molecule has 120 valence electrons. The molecular weight excluding hydrogens is 251 g/mol. The highest BCUT2D eigenvalue weighted by molar-refractivity contribution is 6.15. The second kappa shape index (κ2) is 7.09. The molecule has 3 fully saturated rings. The van der Waals surface area contributed by atoms with E-state index in [4.69, 9.17) is 0 Å². The van der Waals surface area contributed by atoms with Crippen LogP contribution in [0.2, 0.25) is 5.31 Å². The second-order valence-electron chi connectivity index (χ2n) is 9.06. The van der Waals surface area contributed by atoms with Gasteiger partial charge in [0.2, 0.25) is 0 Å². The van der Waals surface area contributed by atoms with Gasteiger partial charge in [-0.2, -0.15) is 0 Å². The van der Waals surface area contributed by atoms with Crippen molar-refractivity contribution in [2.45, 2.75) is 102 Å². The minimum absolute atomic E-state index is 0.674. The fourth-order valence-corrected chi connectivity index (χ4v) is 6.62. The molecule has 1 heteroatoms. The van der Waals surface area contributed by atoms with Crippen molar-refractivity contribution in [2.24, 2.45) is 23.7 Å².